The Kier molecular flexibility index (Phi) is 3.90. The van der Waals surface area contributed by atoms with Gasteiger partial charge in [-0.1, -0.05) is 12.1 Å². The molecule has 4 heterocycles. The molecule has 25 heavy (non-hydrogen) atoms. The van der Waals surface area contributed by atoms with Crippen molar-refractivity contribution >= 4 is 10.9 Å². The van der Waals surface area contributed by atoms with E-state index in [9.17, 15) is 4.79 Å². The number of pyridine rings is 1. The molecular weight excluding hydrogens is 310 g/mol. The molecule has 1 N–H and O–H groups in total. The number of aromatic nitrogens is 1. The first-order chi connectivity index (χ1) is 12.2. The van der Waals surface area contributed by atoms with Crippen molar-refractivity contribution in [1.29, 1.82) is 0 Å². The van der Waals surface area contributed by atoms with Crippen molar-refractivity contribution in [2.45, 2.75) is 38.3 Å². The molecule has 0 spiro atoms. The van der Waals surface area contributed by atoms with E-state index in [1.165, 1.54) is 45.3 Å². The van der Waals surface area contributed by atoms with Crippen LogP contribution in [-0.4, -0.2) is 47.0 Å². The molecule has 3 aliphatic heterocycles. The van der Waals surface area contributed by atoms with Crippen LogP contribution in [-0.2, 0) is 6.54 Å². The van der Waals surface area contributed by atoms with Gasteiger partial charge in [0.2, 0.25) is 0 Å². The van der Waals surface area contributed by atoms with Gasteiger partial charge in [0.05, 0.1) is 0 Å². The van der Waals surface area contributed by atoms with Crippen molar-refractivity contribution in [3.63, 3.8) is 0 Å². The Bertz CT molecular complexity index is 825. The summed E-state index contributed by atoms with van der Waals surface area (Å²) < 4.78 is 0. The molecule has 4 aliphatic rings. The third-order valence-corrected chi connectivity index (χ3v) is 6.28. The molecule has 1 aliphatic carbocycles. The minimum Gasteiger partial charge on any atom is -0.357 e. The molecule has 2 bridgehead atoms. The van der Waals surface area contributed by atoms with Gasteiger partial charge in [0.15, 0.2) is 5.43 Å². The van der Waals surface area contributed by atoms with Gasteiger partial charge in [-0.2, -0.15) is 0 Å². The number of aromatic amines is 1. The summed E-state index contributed by atoms with van der Waals surface area (Å²) in [5, 5.41) is 0.790. The van der Waals surface area contributed by atoms with E-state index in [0.717, 1.165) is 41.5 Å². The summed E-state index contributed by atoms with van der Waals surface area (Å²) in [5.74, 6) is 1.77. The van der Waals surface area contributed by atoms with E-state index in [-0.39, 0.29) is 5.43 Å². The van der Waals surface area contributed by atoms with E-state index >= 15 is 0 Å². The molecule has 0 amide bonds. The molecule has 132 valence electrons. The van der Waals surface area contributed by atoms with Crippen LogP contribution in [0.3, 0.4) is 0 Å². The highest BCUT2D eigenvalue weighted by atomic mass is 16.1. The summed E-state index contributed by atoms with van der Waals surface area (Å²) in [6, 6.07) is 10.3. The molecule has 4 nitrogen and oxygen atoms in total. The van der Waals surface area contributed by atoms with Crippen LogP contribution in [0, 0.1) is 11.8 Å². The molecule has 6 rings (SSSR count). The Balaban J connectivity index is 1.35. The zero-order valence-electron chi connectivity index (χ0n) is 14.8. The van der Waals surface area contributed by atoms with Crippen molar-refractivity contribution in [2.24, 2.45) is 11.8 Å². The molecule has 2 atom stereocenters. The zero-order valence-corrected chi connectivity index (χ0v) is 14.8. The van der Waals surface area contributed by atoms with Gasteiger partial charge < -0.3 is 4.98 Å². The molecule has 1 aromatic carbocycles. The fourth-order valence-corrected chi connectivity index (χ4v) is 4.84. The van der Waals surface area contributed by atoms with Gasteiger partial charge in [0.25, 0.3) is 0 Å². The van der Waals surface area contributed by atoms with Gasteiger partial charge in [-0.15, -0.1) is 0 Å². The highest BCUT2D eigenvalue weighted by Gasteiger charge is 2.37. The van der Waals surface area contributed by atoms with Gasteiger partial charge in [-0.3, -0.25) is 14.6 Å². The zero-order chi connectivity index (χ0) is 16.8. The van der Waals surface area contributed by atoms with Crippen LogP contribution in [0.5, 0.6) is 0 Å². The van der Waals surface area contributed by atoms with Crippen LogP contribution in [0.4, 0.5) is 0 Å². The smallest absolute Gasteiger partial charge is 0.189 e. The molecule has 1 saturated carbocycles. The van der Waals surface area contributed by atoms with Crippen molar-refractivity contribution in [1.82, 2.24) is 14.8 Å². The first-order valence-corrected chi connectivity index (χ1v) is 9.82. The Morgan fingerprint density at radius 2 is 1.92 bits per heavy atom. The molecule has 4 heteroatoms. The van der Waals surface area contributed by atoms with E-state index in [0.29, 0.717) is 6.04 Å². The number of hydrogen-bond acceptors (Lipinski definition) is 3. The van der Waals surface area contributed by atoms with Gasteiger partial charge in [0.1, 0.15) is 0 Å². The van der Waals surface area contributed by atoms with Crippen LogP contribution in [0.1, 0.15) is 31.4 Å². The van der Waals surface area contributed by atoms with E-state index in [4.69, 9.17) is 0 Å². The van der Waals surface area contributed by atoms with E-state index < -0.39 is 0 Å². The maximum absolute atomic E-state index is 12.4. The fraction of sp³-hybridized carbons (Fsp3) is 0.571. The van der Waals surface area contributed by atoms with E-state index in [2.05, 4.69) is 14.8 Å². The van der Waals surface area contributed by atoms with Gasteiger partial charge in [0, 0.05) is 61.4 Å². The first-order valence-electron chi connectivity index (χ1n) is 9.82. The number of benzene rings is 1. The fourth-order valence-electron chi connectivity index (χ4n) is 4.84. The number of nitrogens with one attached hydrogen (secondary N) is 1. The first kappa shape index (κ1) is 15.6. The average molecular weight is 337 g/mol. The molecule has 1 aromatic heterocycles. The number of rotatable bonds is 4. The lowest BCUT2D eigenvalue weighted by Crippen LogP contribution is -2.44. The Morgan fingerprint density at radius 1 is 1.04 bits per heavy atom. The van der Waals surface area contributed by atoms with Gasteiger partial charge >= 0.3 is 0 Å². The SMILES string of the molecule is O=c1cc(CN2C[C@H]3CC[C@@H](C2)N(CC2CC2)C3)[nH]c2ccccc12. The van der Waals surface area contributed by atoms with Crippen molar-refractivity contribution in [3.05, 3.63) is 46.2 Å². The summed E-state index contributed by atoms with van der Waals surface area (Å²) >= 11 is 0. The summed E-state index contributed by atoms with van der Waals surface area (Å²) in [6.45, 7) is 5.79. The maximum atomic E-state index is 12.4. The minimum atomic E-state index is 0.137. The van der Waals surface area contributed by atoms with Crippen molar-refractivity contribution < 1.29 is 0 Å². The Morgan fingerprint density at radius 3 is 2.80 bits per heavy atom. The topological polar surface area (TPSA) is 39.3 Å². The van der Waals surface area contributed by atoms with Crippen LogP contribution in [0.2, 0.25) is 0 Å². The third-order valence-electron chi connectivity index (χ3n) is 6.28. The summed E-state index contributed by atoms with van der Waals surface area (Å²) in [4.78, 5) is 21.2. The average Bonchev–Trinajstić information content (AvgIpc) is 3.43. The molecule has 4 fully saturated rings. The number of para-hydroxylation sites is 1. The van der Waals surface area contributed by atoms with Crippen molar-refractivity contribution in [2.75, 3.05) is 26.2 Å². The molecule has 0 radical (unpaired) electrons. The largest absolute Gasteiger partial charge is 0.357 e. The normalized spacial score (nSPS) is 27.7. The lowest BCUT2D eigenvalue weighted by Gasteiger charge is -2.36. The van der Waals surface area contributed by atoms with Crippen LogP contribution in [0.15, 0.2) is 35.1 Å². The predicted molar refractivity (Wildman–Crippen MR) is 101 cm³/mol. The summed E-state index contributed by atoms with van der Waals surface area (Å²) in [6.07, 6.45) is 5.60. The van der Waals surface area contributed by atoms with E-state index in [1.807, 2.05) is 24.3 Å². The number of fused-ring (bicyclic) bond motifs is 5. The second-order valence-corrected chi connectivity index (χ2v) is 8.39. The lowest BCUT2D eigenvalue weighted by molar-refractivity contribution is 0.125. The molecule has 3 saturated heterocycles. The predicted octanol–water partition coefficient (Wildman–Crippen LogP) is 2.83. The molecule has 0 unspecified atom stereocenters. The van der Waals surface area contributed by atoms with Crippen LogP contribution in [0.25, 0.3) is 10.9 Å². The van der Waals surface area contributed by atoms with E-state index in [1.54, 1.807) is 6.07 Å². The highest BCUT2D eigenvalue weighted by molar-refractivity contribution is 5.78. The highest BCUT2D eigenvalue weighted by Crippen LogP contribution is 2.35. The Labute approximate surface area is 148 Å². The third kappa shape index (κ3) is 3.25. The van der Waals surface area contributed by atoms with Crippen molar-refractivity contribution in [3.8, 4) is 0 Å². The monoisotopic (exact) mass is 337 g/mol. The van der Waals surface area contributed by atoms with Gasteiger partial charge in [-0.25, -0.2) is 0 Å². The standard InChI is InChI=1S/C21H27N3O/c25-21-9-17(22-20-4-2-1-3-19(20)21)13-23-10-16-7-8-18(14-23)24(12-16)11-15-5-6-15/h1-4,9,15-16,18H,5-8,10-14H2,(H,22,25)/t16-,18+/m1/s1. The number of hydrogen-bond donors (Lipinski definition) is 1. The second kappa shape index (κ2) is 6.26. The van der Waals surface area contributed by atoms with Crippen LogP contribution >= 0.6 is 0 Å². The van der Waals surface area contributed by atoms with Crippen LogP contribution < -0.4 is 5.43 Å². The summed E-state index contributed by atoms with van der Waals surface area (Å²) in [5.41, 5.74) is 2.15. The lowest BCUT2D eigenvalue weighted by atomic mass is 9.95. The molecular formula is C21H27N3O. The molecule has 2 aromatic rings. The number of piperidine rings is 1. The number of H-pyrrole nitrogens is 1. The summed E-state index contributed by atoms with van der Waals surface area (Å²) in [7, 11) is 0. The quantitative estimate of drug-likeness (QED) is 0.932. The minimum absolute atomic E-state index is 0.137. The number of nitrogens with zero attached hydrogens (tertiary/aromatic N) is 2. The second-order valence-electron chi connectivity index (χ2n) is 8.39. The van der Waals surface area contributed by atoms with Gasteiger partial charge in [-0.05, 0) is 49.7 Å². The Hall–Kier alpha value is -1.65. The maximum Gasteiger partial charge on any atom is 0.189 e.